The summed E-state index contributed by atoms with van der Waals surface area (Å²) in [5.41, 5.74) is 0.833. The molecule has 0 aromatic carbocycles. The number of rotatable bonds is 3. The van der Waals surface area contributed by atoms with Crippen molar-refractivity contribution >= 4 is 5.97 Å². The van der Waals surface area contributed by atoms with Crippen LogP contribution in [-0.4, -0.2) is 62.6 Å². The average molecular weight is 276 g/mol. The zero-order chi connectivity index (χ0) is 14.1. The summed E-state index contributed by atoms with van der Waals surface area (Å²) in [4.78, 5) is 24.1. The fraction of sp³-hybridized carbons (Fsp3) is 0.643. The van der Waals surface area contributed by atoms with Gasteiger partial charge in [0.1, 0.15) is 11.9 Å². The second-order valence-electron chi connectivity index (χ2n) is 5.76. The molecule has 6 heteroatoms. The molecule has 3 rings (SSSR count). The highest BCUT2D eigenvalue weighted by atomic mass is 16.4. The lowest BCUT2D eigenvalue weighted by Gasteiger charge is -2.42. The predicted octanol–water partition coefficient (Wildman–Crippen LogP) is 0.843. The molecule has 1 aromatic heterocycles. The zero-order valence-corrected chi connectivity index (χ0v) is 11.7. The quantitative estimate of drug-likeness (QED) is 0.882. The van der Waals surface area contributed by atoms with Crippen molar-refractivity contribution in [2.24, 2.45) is 0 Å². The predicted molar refractivity (Wildman–Crippen MR) is 73.5 cm³/mol. The van der Waals surface area contributed by atoms with Gasteiger partial charge in [0, 0.05) is 37.9 Å². The van der Waals surface area contributed by atoms with Crippen LogP contribution >= 0.6 is 0 Å². The van der Waals surface area contributed by atoms with E-state index in [1.807, 2.05) is 0 Å². The van der Waals surface area contributed by atoms with E-state index in [0.717, 1.165) is 13.1 Å². The van der Waals surface area contributed by atoms with Crippen LogP contribution in [0, 0.1) is 0 Å². The van der Waals surface area contributed by atoms with Gasteiger partial charge in [0.25, 0.3) is 0 Å². The van der Waals surface area contributed by atoms with Crippen LogP contribution in [0.4, 0.5) is 0 Å². The first-order chi connectivity index (χ1) is 9.65. The Hall–Kier alpha value is -1.53. The Labute approximate surface area is 118 Å². The van der Waals surface area contributed by atoms with Gasteiger partial charge < -0.3 is 5.11 Å². The largest absolute Gasteiger partial charge is 0.478 e. The van der Waals surface area contributed by atoms with Crippen molar-refractivity contribution in [2.75, 3.05) is 19.6 Å². The van der Waals surface area contributed by atoms with E-state index in [4.69, 9.17) is 0 Å². The summed E-state index contributed by atoms with van der Waals surface area (Å²) in [6.07, 6.45) is 5.34. The molecular formula is C14H20N4O2. The minimum absolute atomic E-state index is 0.216. The third kappa shape index (κ3) is 2.53. The summed E-state index contributed by atoms with van der Waals surface area (Å²) >= 11 is 0. The number of carboxylic acid groups (broad SMARTS) is 1. The molecule has 0 saturated carbocycles. The lowest BCUT2D eigenvalue weighted by molar-refractivity contribution is 0.0520. The van der Waals surface area contributed by atoms with Gasteiger partial charge in [0.05, 0.1) is 5.69 Å². The maximum absolute atomic E-state index is 11.2. The average Bonchev–Trinajstić information content (AvgIpc) is 2.86. The Bertz CT molecular complexity index is 508. The molecule has 1 N–H and O–H groups in total. The molecule has 0 amide bonds. The number of hydrogen-bond acceptors (Lipinski definition) is 5. The zero-order valence-electron chi connectivity index (χ0n) is 11.7. The molecule has 0 spiro atoms. The highest BCUT2D eigenvalue weighted by molar-refractivity contribution is 5.88. The van der Waals surface area contributed by atoms with Crippen molar-refractivity contribution in [3.05, 3.63) is 23.8 Å². The SMILES string of the molecule is CC1CN2CCCC2CN1Cc1ncncc1C(=O)O. The summed E-state index contributed by atoms with van der Waals surface area (Å²) in [7, 11) is 0. The fourth-order valence-electron chi connectivity index (χ4n) is 3.32. The molecule has 2 aliphatic rings. The van der Waals surface area contributed by atoms with E-state index in [9.17, 15) is 9.90 Å². The molecule has 0 bridgehead atoms. The second-order valence-corrected chi connectivity index (χ2v) is 5.76. The molecular weight excluding hydrogens is 256 g/mol. The molecule has 1 aromatic rings. The van der Waals surface area contributed by atoms with Gasteiger partial charge >= 0.3 is 5.97 Å². The molecule has 2 atom stereocenters. The van der Waals surface area contributed by atoms with Crippen LogP contribution in [0.1, 0.15) is 35.8 Å². The minimum Gasteiger partial charge on any atom is -0.478 e. The molecule has 2 saturated heterocycles. The second kappa shape index (κ2) is 5.46. The van der Waals surface area contributed by atoms with Gasteiger partial charge in [-0.25, -0.2) is 14.8 Å². The number of hydrogen-bond donors (Lipinski definition) is 1. The number of aromatic carboxylic acids is 1. The number of carbonyl (C=O) groups is 1. The Balaban J connectivity index is 1.75. The number of carboxylic acids is 1. The van der Waals surface area contributed by atoms with Gasteiger partial charge in [0.15, 0.2) is 0 Å². The van der Waals surface area contributed by atoms with Gasteiger partial charge in [0.2, 0.25) is 0 Å². The van der Waals surface area contributed by atoms with Crippen molar-refractivity contribution in [3.8, 4) is 0 Å². The Morgan fingerprint density at radius 1 is 1.50 bits per heavy atom. The minimum atomic E-state index is -0.951. The van der Waals surface area contributed by atoms with Crippen LogP contribution in [0.3, 0.4) is 0 Å². The maximum atomic E-state index is 11.2. The van der Waals surface area contributed by atoms with Crippen molar-refractivity contribution < 1.29 is 9.90 Å². The van der Waals surface area contributed by atoms with Crippen LogP contribution in [0.25, 0.3) is 0 Å². The lowest BCUT2D eigenvalue weighted by Crippen LogP contribution is -2.54. The van der Waals surface area contributed by atoms with Crippen molar-refractivity contribution in [3.63, 3.8) is 0 Å². The van der Waals surface area contributed by atoms with Crippen molar-refractivity contribution in [2.45, 2.75) is 38.4 Å². The van der Waals surface area contributed by atoms with E-state index in [-0.39, 0.29) is 5.56 Å². The normalized spacial score (nSPS) is 27.4. The molecule has 20 heavy (non-hydrogen) atoms. The first-order valence-electron chi connectivity index (χ1n) is 7.15. The van der Waals surface area contributed by atoms with Gasteiger partial charge in [-0.1, -0.05) is 0 Å². The maximum Gasteiger partial charge on any atom is 0.339 e. The highest BCUT2D eigenvalue weighted by Gasteiger charge is 2.34. The van der Waals surface area contributed by atoms with E-state index >= 15 is 0 Å². The highest BCUT2D eigenvalue weighted by Crippen LogP contribution is 2.25. The smallest absolute Gasteiger partial charge is 0.339 e. The van der Waals surface area contributed by atoms with Crippen LogP contribution in [0.15, 0.2) is 12.5 Å². The number of piperazine rings is 1. The van der Waals surface area contributed by atoms with Crippen LogP contribution in [0.2, 0.25) is 0 Å². The van der Waals surface area contributed by atoms with E-state index in [0.29, 0.717) is 24.3 Å². The molecule has 0 aliphatic carbocycles. The van der Waals surface area contributed by atoms with Gasteiger partial charge in [-0.3, -0.25) is 9.80 Å². The molecule has 108 valence electrons. The summed E-state index contributed by atoms with van der Waals surface area (Å²) in [6, 6.07) is 1.06. The fourth-order valence-corrected chi connectivity index (χ4v) is 3.32. The Morgan fingerprint density at radius 2 is 2.35 bits per heavy atom. The Kier molecular flexibility index (Phi) is 3.67. The first kappa shape index (κ1) is 13.5. The lowest BCUT2D eigenvalue weighted by atomic mass is 10.1. The summed E-state index contributed by atoms with van der Waals surface area (Å²) in [5.74, 6) is -0.951. The third-order valence-corrected chi connectivity index (χ3v) is 4.44. The summed E-state index contributed by atoms with van der Waals surface area (Å²) in [5, 5.41) is 9.20. The van der Waals surface area contributed by atoms with Crippen LogP contribution in [-0.2, 0) is 6.54 Å². The van der Waals surface area contributed by atoms with Gasteiger partial charge in [-0.2, -0.15) is 0 Å². The van der Waals surface area contributed by atoms with E-state index in [1.165, 1.54) is 31.9 Å². The van der Waals surface area contributed by atoms with E-state index < -0.39 is 5.97 Å². The van der Waals surface area contributed by atoms with Crippen LogP contribution < -0.4 is 0 Å². The van der Waals surface area contributed by atoms with E-state index in [1.54, 1.807) is 0 Å². The van der Waals surface area contributed by atoms with Crippen LogP contribution in [0.5, 0.6) is 0 Å². The summed E-state index contributed by atoms with van der Waals surface area (Å²) < 4.78 is 0. The molecule has 0 radical (unpaired) electrons. The molecule has 6 nitrogen and oxygen atoms in total. The van der Waals surface area contributed by atoms with Crippen molar-refractivity contribution in [1.82, 2.24) is 19.8 Å². The molecule has 2 fully saturated rings. The van der Waals surface area contributed by atoms with Gasteiger partial charge in [-0.15, -0.1) is 0 Å². The molecule has 2 unspecified atom stereocenters. The monoisotopic (exact) mass is 276 g/mol. The Morgan fingerprint density at radius 3 is 3.15 bits per heavy atom. The summed E-state index contributed by atoms with van der Waals surface area (Å²) in [6.45, 7) is 6.07. The molecule has 3 heterocycles. The standard InChI is InChI=1S/C14H20N4O2/c1-10-6-17-4-2-3-11(17)7-18(10)8-13-12(14(19)20)5-15-9-16-13/h5,9-11H,2-4,6-8H2,1H3,(H,19,20). The van der Waals surface area contributed by atoms with Gasteiger partial charge in [-0.05, 0) is 26.3 Å². The topological polar surface area (TPSA) is 69.6 Å². The third-order valence-electron chi connectivity index (χ3n) is 4.44. The number of fused-ring (bicyclic) bond motifs is 1. The first-order valence-corrected chi connectivity index (χ1v) is 7.15. The van der Waals surface area contributed by atoms with E-state index in [2.05, 4.69) is 26.7 Å². The number of nitrogens with zero attached hydrogens (tertiary/aromatic N) is 4. The van der Waals surface area contributed by atoms with Crippen molar-refractivity contribution in [1.29, 1.82) is 0 Å². The molecule has 2 aliphatic heterocycles. The number of aromatic nitrogens is 2.